The molecule has 27 heavy (non-hydrogen) atoms. The van der Waals surface area contributed by atoms with Crippen LogP contribution in [0.1, 0.15) is 43.1 Å². The number of aromatic nitrogens is 2. The number of aryl methyl sites for hydroxylation is 2. The predicted molar refractivity (Wildman–Crippen MR) is 112 cm³/mol. The zero-order chi connectivity index (χ0) is 19.7. The zero-order valence-corrected chi connectivity index (χ0v) is 17.0. The standard InChI is InChI=1S/C20H24N4O2S/c1-10(2)18(25)22-15-8-6-14(7-9-15)21-12(4)17-23-19(26)16-11(3)13(5)27-20(16)24-17/h6-10,12,21H,1-5H3,(H,22,25)(H,23,24,26)/t12-/m1/s1. The molecule has 0 unspecified atom stereocenters. The van der Waals surface area contributed by atoms with Gasteiger partial charge in [-0.05, 0) is 50.6 Å². The number of nitrogens with one attached hydrogen (secondary N) is 3. The Balaban J connectivity index is 1.77. The molecule has 0 aliphatic heterocycles. The maximum absolute atomic E-state index is 12.4. The quantitative estimate of drug-likeness (QED) is 0.610. The fraction of sp³-hybridized carbons (Fsp3) is 0.350. The van der Waals surface area contributed by atoms with Crippen LogP contribution in [0.3, 0.4) is 0 Å². The van der Waals surface area contributed by atoms with Gasteiger partial charge in [-0.2, -0.15) is 0 Å². The fourth-order valence-electron chi connectivity index (χ4n) is 2.73. The van der Waals surface area contributed by atoms with Crippen molar-refractivity contribution in [2.45, 2.75) is 40.7 Å². The van der Waals surface area contributed by atoms with Crippen LogP contribution in [0.25, 0.3) is 10.2 Å². The van der Waals surface area contributed by atoms with Crippen LogP contribution in [0, 0.1) is 19.8 Å². The summed E-state index contributed by atoms with van der Waals surface area (Å²) < 4.78 is 0. The second-order valence-electron chi connectivity index (χ2n) is 7.00. The fourth-order valence-corrected chi connectivity index (χ4v) is 3.77. The number of anilines is 2. The smallest absolute Gasteiger partial charge is 0.259 e. The van der Waals surface area contributed by atoms with E-state index in [-0.39, 0.29) is 23.4 Å². The summed E-state index contributed by atoms with van der Waals surface area (Å²) in [7, 11) is 0. The summed E-state index contributed by atoms with van der Waals surface area (Å²) in [4.78, 5) is 33.6. The Morgan fingerprint density at radius 2 is 1.74 bits per heavy atom. The SMILES string of the molecule is Cc1sc2nc([C@@H](C)Nc3ccc(NC(=O)C(C)C)cc3)[nH]c(=O)c2c1C. The second kappa shape index (κ2) is 7.52. The molecule has 1 atom stereocenters. The molecule has 3 rings (SSSR count). The number of nitrogens with zero attached hydrogens (tertiary/aromatic N) is 1. The molecule has 0 saturated carbocycles. The summed E-state index contributed by atoms with van der Waals surface area (Å²) in [5, 5.41) is 6.88. The second-order valence-corrected chi connectivity index (χ2v) is 8.21. The summed E-state index contributed by atoms with van der Waals surface area (Å²) in [5.41, 5.74) is 2.53. The Kier molecular flexibility index (Phi) is 5.32. The lowest BCUT2D eigenvalue weighted by Crippen LogP contribution is -2.18. The Morgan fingerprint density at radius 1 is 1.11 bits per heavy atom. The summed E-state index contributed by atoms with van der Waals surface area (Å²) in [5.74, 6) is 0.525. The Labute approximate surface area is 162 Å². The number of fused-ring (bicyclic) bond motifs is 1. The highest BCUT2D eigenvalue weighted by atomic mass is 32.1. The van der Waals surface area contributed by atoms with Crippen LogP contribution < -0.4 is 16.2 Å². The number of carbonyl (C=O) groups is 1. The van der Waals surface area contributed by atoms with E-state index in [9.17, 15) is 9.59 Å². The van der Waals surface area contributed by atoms with Gasteiger partial charge in [-0.3, -0.25) is 9.59 Å². The number of thiophene rings is 1. The zero-order valence-electron chi connectivity index (χ0n) is 16.1. The van der Waals surface area contributed by atoms with E-state index in [4.69, 9.17) is 0 Å². The highest BCUT2D eigenvalue weighted by Gasteiger charge is 2.15. The Morgan fingerprint density at radius 3 is 2.37 bits per heavy atom. The van der Waals surface area contributed by atoms with Crippen LogP contribution in [-0.2, 0) is 4.79 Å². The van der Waals surface area contributed by atoms with Gasteiger partial charge in [-0.1, -0.05) is 13.8 Å². The number of rotatable bonds is 5. The van der Waals surface area contributed by atoms with Gasteiger partial charge in [0.15, 0.2) is 0 Å². The van der Waals surface area contributed by atoms with E-state index in [1.165, 1.54) is 0 Å². The molecule has 0 aliphatic carbocycles. The first-order chi connectivity index (χ1) is 12.8. The van der Waals surface area contributed by atoms with Gasteiger partial charge < -0.3 is 15.6 Å². The van der Waals surface area contributed by atoms with E-state index >= 15 is 0 Å². The topological polar surface area (TPSA) is 86.9 Å². The van der Waals surface area contributed by atoms with Gasteiger partial charge >= 0.3 is 0 Å². The molecule has 2 aromatic heterocycles. The molecule has 1 amide bonds. The highest BCUT2D eigenvalue weighted by Crippen LogP contribution is 2.27. The summed E-state index contributed by atoms with van der Waals surface area (Å²) >= 11 is 1.54. The molecule has 0 saturated heterocycles. The molecule has 0 bridgehead atoms. The van der Waals surface area contributed by atoms with Crippen LogP contribution >= 0.6 is 11.3 Å². The van der Waals surface area contributed by atoms with Gasteiger partial charge in [0.2, 0.25) is 5.91 Å². The monoisotopic (exact) mass is 384 g/mol. The van der Waals surface area contributed by atoms with Gasteiger partial charge in [-0.15, -0.1) is 11.3 Å². The minimum absolute atomic E-state index is 0.0133. The van der Waals surface area contributed by atoms with Gasteiger partial charge in [0.1, 0.15) is 10.7 Å². The van der Waals surface area contributed by atoms with Crippen LogP contribution in [0.2, 0.25) is 0 Å². The largest absolute Gasteiger partial charge is 0.375 e. The maximum atomic E-state index is 12.4. The third kappa shape index (κ3) is 4.03. The molecule has 7 heteroatoms. The van der Waals surface area contributed by atoms with Gasteiger partial charge in [-0.25, -0.2) is 4.98 Å². The maximum Gasteiger partial charge on any atom is 0.259 e. The lowest BCUT2D eigenvalue weighted by molar-refractivity contribution is -0.118. The van der Waals surface area contributed by atoms with Crippen molar-refractivity contribution in [3.8, 4) is 0 Å². The first kappa shape index (κ1) is 19.1. The molecule has 0 fully saturated rings. The predicted octanol–water partition coefficient (Wildman–Crippen LogP) is 4.37. The summed E-state index contributed by atoms with van der Waals surface area (Å²) in [6.45, 7) is 9.61. The Bertz CT molecular complexity index is 1030. The number of carbonyl (C=O) groups excluding carboxylic acids is 1. The third-order valence-corrected chi connectivity index (χ3v) is 5.63. The van der Waals surface area contributed by atoms with Gasteiger partial charge in [0.25, 0.3) is 5.56 Å². The van der Waals surface area contributed by atoms with Crippen LogP contribution in [-0.4, -0.2) is 15.9 Å². The average molecular weight is 385 g/mol. The number of H-pyrrole nitrogens is 1. The molecule has 3 N–H and O–H groups in total. The van der Waals surface area contributed by atoms with E-state index in [0.717, 1.165) is 26.6 Å². The number of hydrogen-bond acceptors (Lipinski definition) is 5. The average Bonchev–Trinajstić information content (AvgIpc) is 2.91. The van der Waals surface area contributed by atoms with E-state index in [1.807, 2.05) is 58.9 Å². The van der Waals surface area contributed by atoms with Crippen LogP contribution in [0.4, 0.5) is 11.4 Å². The number of hydrogen-bond donors (Lipinski definition) is 3. The minimum Gasteiger partial charge on any atom is -0.375 e. The van der Waals surface area contributed by atoms with Crippen molar-refractivity contribution in [3.05, 3.63) is 50.9 Å². The van der Waals surface area contributed by atoms with Crippen molar-refractivity contribution in [3.63, 3.8) is 0 Å². The highest BCUT2D eigenvalue weighted by molar-refractivity contribution is 7.18. The molecule has 0 radical (unpaired) electrons. The van der Waals surface area contributed by atoms with E-state index in [1.54, 1.807) is 11.3 Å². The summed E-state index contributed by atoms with van der Waals surface area (Å²) in [6.07, 6.45) is 0. The lowest BCUT2D eigenvalue weighted by Gasteiger charge is -2.15. The van der Waals surface area contributed by atoms with Crippen molar-refractivity contribution in [1.82, 2.24) is 9.97 Å². The molecule has 6 nitrogen and oxygen atoms in total. The van der Waals surface area contributed by atoms with Crippen molar-refractivity contribution in [1.29, 1.82) is 0 Å². The van der Waals surface area contributed by atoms with E-state index in [0.29, 0.717) is 11.2 Å². The van der Waals surface area contributed by atoms with Crippen LogP contribution in [0.15, 0.2) is 29.1 Å². The third-order valence-electron chi connectivity index (χ3n) is 4.53. The van der Waals surface area contributed by atoms with Gasteiger partial charge in [0, 0.05) is 22.2 Å². The minimum atomic E-state index is -0.166. The molecule has 0 spiro atoms. The first-order valence-corrected chi connectivity index (χ1v) is 9.75. The van der Waals surface area contributed by atoms with E-state index in [2.05, 4.69) is 20.6 Å². The lowest BCUT2D eigenvalue weighted by atomic mass is 10.2. The molecule has 0 aliphatic rings. The first-order valence-electron chi connectivity index (χ1n) is 8.93. The van der Waals surface area contributed by atoms with Crippen molar-refractivity contribution < 1.29 is 4.79 Å². The van der Waals surface area contributed by atoms with E-state index < -0.39 is 0 Å². The molecular formula is C20H24N4O2S. The summed E-state index contributed by atoms with van der Waals surface area (Å²) in [6, 6.07) is 7.31. The van der Waals surface area contributed by atoms with Gasteiger partial charge in [0.05, 0.1) is 11.4 Å². The molecule has 2 heterocycles. The normalized spacial score (nSPS) is 12.4. The van der Waals surface area contributed by atoms with Crippen LogP contribution in [0.5, 0.6) is 0 Å². The molecule has 1 aromatic carbocycles. The van der Waals surface area contributed by atoms with Crippen molar-refractivity contribution in [2.75, 3.05) is 10.6 Å². The Hall–Kier alpha value is -2.67. The number of benzene rings is 1. The number of amides is 1. The van der Waals surface area contributed by atoms with Crippen molar-refractivity contribution >= 4 is 38.8 Å². The van der Waals surface area contributed by atoms with Crippen molar-refractivity contribution in [2.24, 2.45) is 5.92 Å². The number of aromatic amines is 1. The molecule has 3 aromatic rings. The molecular weight excluding hydrogens is 360 g/mol. The molecule has 142 valence electrons.